The Morgan fingerprint density at radius 1 is 1.00 bits per heavy atom. The molecule has 4 rings (SSSR count). The fraction of sp³-hybridized carbons (Fsp3) is 0.250. The Hall–Kier alpha value is -4.13. The van der Waals surface area contributed by atoms with Crippen molar-refractivity contribution in [3.63, 3.8) is 0 Å². The molecule has 180 valence electrons. The fourth-order valence-corrected chi connectivity index (χ4v) is 4.40. The molecule has 0 saturated heterocycles. The average Bonchev–Trinajstić information content (AvgIpc) is 2.87. The first kappa shape index (κ1) is 24.0. The van der Waals surface area contributed by atoms with Gasteiger partial charge in [-0.1, -0.05) is 54.1 Å². The van der Waals surface area contributed by atoms with Gasteiger partial charge in [0.1, 0.15) is 18.3 Å². The summed E-state index contributed by atoms with van der Waals surface area (Å²) in [6, 6.07) is 21.3. The van der Waals surface area contributed by atoms with Crippen LogP contribution in [0, 0.1) is 6.92 Å². The second kappa shape index (κ2) is 10.4. The highest BCUT2D eigenvalue weighted by Gasteiger charge is 2.37. The molecule has 0 fully saturated rings. The molecule has 2 amide bonds. The molecule has 1 atom stereocenters. The van der Waals surface area contributed by atoms with Gasteiger partial charge in [0.25, 0.3) is 5.91 Å². The normalized spacial score (nSPS) is 14.7. The molecule has 0 radical (unpaired) electrons. The lowest BCUT2D eigenvalue weighted by Gasteiger charge is -2.38. The van der Waals surface area contributed by atoms with Gasteiger partial charge < -0.3 is 19.6 Å². The van der Waals surface area contributed by atoms with E-state index in [0.717, 1.165) is 22.3 Å². The summed E-state index contributed by atoms with van der Waals surface area (Å²) in [4.78, 5) is 41.9. The zero-order valence-corrected chi connectivity index (χ0v) is 19.8. The molecule has 7 nitrogen and oxygen atoms in total. The van der Waals surface area contributed by atoms with E-state index >= 15 is 0 Å². The maximum absolute atomic E-state index is 13.8. The first-order valence-corrected chi connectivity index (χ1v) is 11.4. The number of ether oxygens (including phenoxy) is 1. The van der Waals surface area contributed by atoms with Crippen LogP contribution in [0.4, 0.5) is 0 Å². The molecule has 35 heavy (non-hydrogen) atoms. The Morgan fingerprint density at radius 2 is 1.71 bits per heavy atom. The largest absolute Gasteiger partial charge is 0.497 e. The highest BCUT2D eigenvalue weighted by Crippen LogP contribution is 2.27. The number of carbonyl (C=O) groups is 3. The fourth-order valence-electron chi connectivity index (χ4n) is 4.40. The lowest BCUT2D eigenvalue weighted by atomic mass is 9.92. The number of fused-ring (bicyclic) bond motifs is 1. The molecule has 7 heteroatoms. The van der Waals surface area contributed by atoms with Crippen molar-refractivity contribution < 1.29 is 24.2 Å². The van der Waals surface area contributed by atoms with Crippen molar-refractivity contribution in [1.29, 1.82) is 0 Å². The number of methoxy groups -OCH3 is 1. The van der Waals surface area contributed by atoms with Crippen LogP contribution in [-0.4, -0.2) is 52.4 Å². The van der Waals surface area contributed by atoms with E-state index in [9.17, 15) is 19.5 Å². The van der Waals surface area contributed by atoms with Crippen LogP contribution in [0.25, 0.3) is 0 Å². The Labute approximate surface area is 204 Å². The maximum atomic E-state index is 13.8. The van der Waals surface area contributed by atoms with Crippen molar-refractivity contribution in [2.75, 3.05) is 13.7 Å². The van der Waals surface area contributed by atoms with Crippen molar-refractivity contribution in [2.45, 2.75) is 32.5 Å². The predicted molar refractivity (Wildman–Crippen MR) is 131 cm³/mol. The number of aliphatic carboxylic acids is 1. The molecule has 1 aliphatic rings. The van der Waals surface area contributed by atoms with E-state index in [1.807, 2.05) is 49.4 Å². The number of hydrogen-bond acceptors (Lipinski definition) is 4. The van der Waals surface area contributed by atoms with Gasteiger partial charge in [-0.25, -0.2) is 0 Å². The summed E-state index contributed by atoms with van der Waals surface area (Å²) in [5.41, 5.74) is 4.23. The van der Waals surface area contributed by atoms with Gasteiger partial charge in [-0.05, 0) is 47.9 Å². The van der Waals surface area contributed by atoms with Crippen LogP contribution in [0.2, 0.25) is 0 Å². The highest BCUT2D eigenvalue weighted by atomic mass is 16.5. The molecule has 3 aromatic rings. The minimum Gasteiger partial charge on any atom is -0.497 e. The average molecular weight is 473 g/mol. The van der Waals surface area contributed by atoms with Crippen LogP contribution < -0.4 is 4.74 Å². The van der Waals surface area contributed by atoms with E-state index < -0.39 is 24.5 Å². The van der Waals surface area contributed by atoms with Crippen LogP contribution in [0.15, 0.2) is 72.8 Å². The number of carbonyl (C=O) groups excluding carboxylic acids is 2. The number of benzene rings is 3. The summed E-state index contributed by atoms with van der Waals surface area (Å²) in [5.74, 6) is -1.15. The number of nitrogens with zero attached hydrogens (tertiary/aromatic N) is 2. The Balaban J connectivity index is 1.68. The second-order valence-electron chi connectivity index (χ2n) is 8.73. The number of carboxylic acids is 1. The molecule has 1 N–H and O–H groups in total. The molecule has 0 bridgehead atoms. The zero-order chi connectivity index (χ0) is 24.9. The van der Waals surface area contributed by atoms with Crippen LogP contribution in [-0.2, 0) is 29.1 Å². The number of amides is 2. The summed E-state index contributed by atoms with van der Waals surface area (Å²) in [6.07, 6.45) is 0.320. The Bertz CT molecular complexity index is 1240. The van der Waals surface area contributed by atoms with Gasteiger partial charge in [0.05, 0.1) is 7.11 Å². The zero-order valence-electron chi connectivity index (χ0n) is 19.8. The van der Waals surface area contributed by atoms with Gasteiger partial charge in [0.15, 0.2) is 0 Å². The van der Waals surface area contributed by atoms with Crippen molar-refractivity contribution >= 4 is 17.8 Å². The molecule has 0 spiro atoms. The lowest BCUT2D eigenvalue weighted by molar-refractivity contribution is -0.147. The summed E-state index contributed by atoms with van der Waals surface area (Å²) in [7, 11) is 1.55. The summed E-state index contributed by atoms with van der Waals surface area (Å²) >= 11 is 0. The van der Waals surface area contributed by atoms with Gasteiger partial charge in [-0.3, -0.25) is 14.4 Å². The van der Waals surface area contributed by atoms with Crippen molar-refractivity contribution in [3.05, 3.63) is 101 Å². The third-order valence-corrected chi connectivity index (χ3v) is 6.24. The van der Waals surface area contributed by atoms with Crippen LogP contribution >= 0.6 is 0 Å². The molecule has 0 aliphatic carbocycles. The monoisotopic (exact) mass is 472 g/mol. The van der Waals surface area contributed by atoms with Crippen molar-refractivity contribution in [1.82, 2.24) is 9.80 Å². The molecule has 1 heterocycles. The van der Waals surface area contributed by atoms with Crippen molar-refractivity contribution in [2.24, 2.45) is 0 Å². The Morgan fingerprint density at radius 3 is 2.40 bits per heavy atom. The quantitative estimate of drug-likeness (QED) is 0.567. The molecule has 3 aromatic carbocycles. The van der Waals surface area contributed by atoms with Crippen LogP contribution in [0.1, 0.15) is 32.6 Å². The predicted octanol–water partition coefficient (Wildman–Crippen LogP) is 3.68. The molecule has 0 aromatic heterocycles. The van der Waals surface area contributed by atoms with E-state index in [1.165, 1.54) is 4.90 Å². The minimum absolute atomic E-state index is 0.0903. The lowest BCUT2D eigenvalue weighted by Crippen LogP contribution is -2.54. The first-order valence-electron chi connectivity index (χ1n) is 11.4. The van der Waals surface area contributed by atoms with Crippen molar-refractivity contribution in [3.8, 4) is 5.75 Å². The van der Waals surface area contributed by atoms with E-state index in [4.69, 9.17) is 4.74 Å². The number of carboxylic acid groups (broad SMARTS) is 1. The maximum Gasteiger partial charge on any atom is 0.323 e. The number of rotatable bonds is 7. The molecule has 0 saturated carbocycles. The van der Waals surface area contributed by atoms with E-state index in [-0.39, 0.29) is 19.0 Å². The highest BCUT2D eigenvalue weighted by molar-refractivity contribution is 5.98. The number of hydrogen-bond donors (Lipinski definition) is 1. The third kappa shape index (κ3) is 5.51. The third-order valence-electron chi connectivity index (χ3n) is 6.24. The van der Waals surface area contributed by atoms with E-state index in [0.29, 0.717) is 17.7 Å². The minimum atomic E-state index is -1.12. The van der Waals surface area contributed by atoms with Gasteiger partial charge in [0, 0.05) is 25.1 Å². The summed E-state index contributed by atoms with van der Waals surface area (Å²) in [6.45, 7) is 1.84. The standard InChI is InChI=1S/C28H28N2O5/c1-19-10-12-21(13-11-19)27(33)30-17-23-8-4-3-7-22(23)15-25(30)28(34)29(18-26(31)32)16-20-6-5-9-24(14-20)35-2/h3-14,25H,15-18H2,1-2H3,(H,31,32)/t25-/m0/s1. The molecule has 1 aliphatic heterocycles. The van der Waals surface area contributed by atoms with Crippen LogP contribution in [0.5, 0.6) is 5.75 Å². The van der Waals surface area contributed by atoms with Gasteiger partial charge in [-0.15, -0.1) is 0 Å². The van der Waals surface area contributed by atoms with E-state index in [1.54, 1.807) is 42.3 Å². The first-order chi connectivity index (χ1) is 16.9. The second-order valence-corrected chi connectivity index (χ2v) is 8.73. The van der Waals surface area contributed by atoms with Gasteiger partial charge in [0.2, 0.25) is 5.91 Å². The molecular weight excluding hydrogens is 444 g/mol. The summed E-state index contributed by atoms with van der Waals surface area (Å²) < 4.78 is 5.27. The number of aryl methyl sites for hydroxylation is 1. The SMILES string of the molecule is COc1cccc(CN(CC(=O)O)C(=O)[C@@H]2Cc3ccccc3CN2C(=O)c2ccc(C)cc2)c1. The summed E-state index contributed by atoms with van der Waals surface area (Å²) in [5, 5.41) is 9.55. The van der Waals surface area contributed by atoms with Crippen LogP contribution in [0.3, 0.4) is 0 Å². The van der Waals surface area contributed by atoms with E-state index in [2.05, 4.69) is 0 Å². The van der Waals surface area contributed by atoms with Gasteiger partial charge in [-0.2, -0.15) is 0 Å². The molecular formula is C28H28N2O5. The van der Waals surface area contributed by atoms with Gasteiger partial charge >= 0.3 is 5.97 Å². The Kier molecular flexibility index (Phi) is 7.15. The smallest absolute Gasteiger partial charge is 0.323 e. The molecule has 0 unspecified atom stereocenters. The topological polar surface area (TPSA) is 87.2 Å².